The minimum Gasteiger partial charge on any atom is -0.445 e. The molecule has 1 aliphatic rings. The Morgan fingerprint density at radius 2 is 1.96 bits per heavy atom. The molecule has 2 rings (SSSR count). The zero-order chi connectivity index (χ0) is 16.5. The normalized spacial score (nSPS) is 18.2. The molecule has 23 heavy (non-hydrogen) atoms. The van der Waals surface area contributed by atoms with Gasteiger partial charge in [0.15, 0.2) is 0 Å². The SMILES string of the molecule is NC(CC1CCCCC1)C(O)CNC(=O)OCc1ccccc1. The number of hydrogen-bond acceptors (Lipinski definition) is 4. The topological polar surface area (TPSA) is 84.6 Å². The average molecular weight is 320 g/mol. The number of aliphatic hydroxyl groups excluding tert-OH is 1. The number of carbonyl (C=O) groups excluding carboxylic acids is 1. The van der Waals surface area contributed by atoms with Gasteiger partial charge in [-0.3, -0.25) is 0 Å². The fourth-order valence-electron chi connectivity index (χ4n) is 3.08. The summed E-state index contributed by atoms with van der Waals surface area (Å²) >= 11 is 0. The minimum absolute atomic E-state index is 0.126. The summed E-state index contributed by atoms with van der Waals surface area (Å²) in [6.07, 6.45) is 5.79. The predicted octanol–water partition coefficient (Wildman–Crippen LogP) is 2.57. The van der Waals surface area contributed by atoms with Crippen LogP contribution in [0.15, 0.2) is 30.3 Å². The predicted molar refractivity (Wildman–Crippen MR) is 89.8 cm³/mol. The van der Waals surface area contributed by atoms with Crippen LogP contribution in [-0.2, 0) is 11.3 Å². The van der Waals surface area contributed by atoms with Crippen LogP contribution in [0.2, 0.25) is 0 Å². The first-order valence-corrected chi connectivity index (χ1v) is 8.53. The fraction of sp³-hybridized carbons (Fsp3) is 0.611. The van der Waals surface area contributed by atoms with Crippen LogP contribution in [0, 0.1) is 5.92 Å². The third-order valence-corrected chi connectivity index (χ3v) is 4.49. The summed E-state index contributed by atoms with van der Waals surface area (Å²) in [4.78, 5) is 11.6. The van der Waals surface area contributed by atoms with Gasteiger partial charge in [0.25, 0.3) is 0 Å². The van der Waals surface area contributed by atoms with Crippen molar-refractivity contribution in [3.05, 3.63) is 35.9 Å². The van der Waals surface area contributed by atoms with Crippen molar-refractivity contribution in [1.82, 2.24) is 5.32 Å². The molecular weight excluding hydrogens is 292 g/mol. The molecule has 1 saturated carbocycles. The summed E-state index contributed by atoms with van der Waals surface area (Å²) in [5, 5.41) is 12.7. The van der Waals surface area contributed by atoms with Crippen molar-refractivity contribution in [2.24, 2.45) is 11.7 Å². The number of carbonyl (C=O) groups is 1. The first-order valence-electron chi connectivity index (χ1n) is 8.53. The smallest absolute Gasteiger partial charge is 0.407 e. The molecule has 0 saturated heterocycles. The summed E-state index contributed by atoms with van der Waals surface area (Å²) in [6, 6.07) is 9.18. The van der Waals surface area contributed by atoms with Crippen LogP contribution >= 0.6 is 0 Å². The highest BCUT2D eigenvalue weighted by Crippen LogP contribution is 2.27. The maximum atomic E-state index is 11.6. The quantitative estimate of drug-likeness (QED) is 0.721. The molecule has 2 unspecified atom stereocenters. The van der Waals surface area contributed by atoms with E-state index in [1.807, 2.05) is 30.3 Å². The van der Waals surface area contributed by atoms with Gasteiger partial charge in [-0.15, -0.1) is 0 Å². The van der Waals surface area contributed by atoms with E-state index in [1.165, 1.54) is 32.1 Å². The molecule has 0 bridgehead atoms. The van der Waals surface area contributed by atoms with Crippen LogP contribution in [-0.4, -0.2) is 29.9 Å². The lowest BCUT2D eigenvalue weighted by molar-refractivity contribution is 0.108. The highest BCUT2D eigenvalue weighted by Gasteiger charge is 2.22. The van der Waals surface area contributed by atoms with Crippen molar-refractivity contribution in [3.8, 4) is 0 Å². The van der Waals surface area contributed by atoms with E-state index in [0.717, 1.165) is 12.0 Å². The standard InChI is InChI=1S/C18H28N2O3/c19-16(11-14-7-3-1-4-8-14)17(21)12-20-18(22)23-13-15-9-5-2-6-10-15/h2,5-6,9-10,14,16-17,21H,1,3-4,7-8,11-13,19H2,(H,20,22). The van der Waals surface area contributed by atoms with Crippen LogP contribution in [0.3, 0.4) is 0 Å². The van der Waals surface area contributed by atoms with Gasteiger partial charge in [0.2, 0.25) is 0 Å². The van der Waals surface area contributed by atoms with E-state index < -0.39 is 12.2 Å². The highest BCUT2D eigenvalue weighted by molar-refractivity contribution is 5.67. The molecule has 1 aromatic rings. The summed E-state index contributed by atoms with van der Waals surface area (Å²) < 4.78 is 5.11. The van der Waals surface area contributed by atoms with Gasteiger partial charge in [-0.1, -0.05) is 62.4 Å². The molecule has 5 heteroatoms. The Morgan fingerprint density at radius 1 is 1.26 bits per heavy atom. The molecule has 0 spiro atoms. The number of rotatable bonds is 7. The summed E-state index contributed by atoms with van der Waals surface area (Å²) in [7, 11) is 0. The number of nitrogens with two attached hydrogens (primary N) is 1. The number of amides is 1. The van der Waals surface area contributed by atoms with E-state index in [0.29, 0.717) is 5.92 Å². The molecule has 4 N–H and O–H groups in total. The lowest BCUT2D eigenvalue weighted by Gasteiger charge is -2.27. The summed E-state index contributed by atoms with van der Waals surface area (Å²) in [6.45, 7) is 0.346. The Balaban J connectivity index is 1.62. The average Bonchev–Trinajstić information content (AvgIpc) is 2.59. The second-order valence-electron chi connectivity index (χ2n) is 6.41. The molecule has 1 amide bonds. The molecule has 0 heterocycles. The Bertz CT molecular complexity index is 461. The van der Waals surface area contributed by atoms with Gasteiger partial charge in [0.05, 0.1) is 6.10 Å². The third-order valence-electron chi connectivity index (χ3n) is 4.49. The Morgan fingerprint density at radius 3 is 2.65 bits per heavy atom. The van der Waals surface area contributed by atoms with Crippen molar-refractivity contribution in [3.63, 3.8) is 0 Å². The molecule has 2 atom stereocenters. The first-order chi connectivity index (χ1) is 11.1. The molecule has 0 aromatic heterocycles. The number of nitrogens with one attached hydrogen (secondary N) is 1. The molecule has 0 radical (unpaired) electrons. The van der Waals surface area contributed by atoms with Crippen LogP contribution < -0.4 is 11.1 Å². The first kappa shape index (κ1) is 17.8. The fourth-order valence-corrected chi connectivity index (χ4v) is 3.08. The largest absolute Gasteiger partial charge is 0.445 e. The number of benzene rings is 1. The third kappa shape index (κ3) is 6.59. The van der Waals surface area contributed by atoms with Gasteiger partial charge in [-0.25, -0.2) is 4.79 Å². The number of hydrogen-bond donors (Lipinski definition) is 3. The van der Waals surface area contributed by atoms with E-state index >= 15 is 0 Å². The van der Waals surface area contributed by atoms with Gasteiger partial charge in [0.1, 0.15) is 6.61 Å². The second kappa shape index (κ2) is 9.53. The van der Waals surface area contributed by atoms with Crippen molar-refractivity contribution in [1.29, 1.82) is 0 Å². The maximum Gasteiger partial charge on any atom is 0.407 e. The van der Waals surface area contributed by atoms with Gasteiger partial charge in [0, 0.05) is 12.6 Å². The molecule has 1 fully saturated rings. The lowest BCUT2D eigenvalue weighted by Crippen LogP contribution is -2.44. The molecule has 5 nitrogen and oxygen atoms in total. The molecule has 128 valence electrons. The molecule has 0 aliphatic heterocycles. The van der Waals surface area contributed by atoms with Gasteiger partial charge in [-0.05, 0) is 17.9 Å². The van der Waals surface area contributed by atoms with Gasteiger partial charge < -0.3 is 20.9 Å². The van der Waals surface area contributed by atoms with Crippen molar-refractivity contribution in [2.45, 2.75) is 57.3 Å². The van der Waals surface area contributed by atoms with Crippen LogP contribution in [0.5, 0.6) is 0 Å². The van der Waals surface area contributed by atoms with E-state index in [1.54, 1.807) is 0 Å². The monoisotopic (exact) mass is 320 g/mol. The van der Waals surface area contributed by atoms with E-state index in [2.05, 4.69) is 5.32 Å². The van der Waals surface area contributed by atoms with Crippen LogP contribution in [0.25, 0.3) is 0 Å². The van der Waals surface area contributed by atoms with Crippen molar-refractivity contribution in [2.75, 3.05) is 6.54 Å². The van der Waals surface area contributed by atoms with Crippen LogP contribution in [0.1, 0.15) is 44.1 Å². The molecule has 1 aromatic carbocycles. The van der Waals surface area contributed by atoms with Gasteiger partial charge >= 0.3 is 6.09 Å². The Kier molecular flexibility index (Phi) is 7.36. The minimum atomic E-state index is -0.735. The Hall–Kier alpha value is -1.59. The van der Waals surface area contributed by atoms with E-state index in [9.17, 15) is 9.90 Å². The highest BCUT2D eigenvalue weighted by atomic mass is 16.5. The maximum absolute atomic E-state index is 11.6. The van der Waals surface area contributed by atoms with Crippen molar-refractivity contribution >= 4 is 6.09 Å². The van der Waals surface area contributed by atoms with Crippen molar-refractivity contribution < 1.29 is 14.6 Å². The molecule has 1 aliphatic carbocycles. The summed E-state index contributed by atoms with van der Waals surface area (Å²) in [5.74, 6) is 0.610. The lowest BCUT2D eigenvalue weighted by atomic mass is 9.84. The Labute approximate surface area is 138 Å². The number of alkyl carbamates (subject to hydrolysis) is 1. The number of aliphatic hydroxyl groups is 1. The second-order valence-corrected chi connectivity index (χ2v) is 6.41. The molecular formula is C18H28N2O3. The zero-order valence-corrected chi connectivity index (χ0v) is 13.6. The van der Waals surface area contributed by atoms with Gasteiger partial charge in [-0.2, -0.15) is 0 Å². The van der Waals surface area contributed by atoms with Crippen LogP contribution in [0.4, 0.5) is 4.79 Å². The zero-order valence-electron chi connectivity index (χ0n) is 13.6. The van der Waals surface area contributed by atoms with E-state index in [4.69, 9.17) is 10.5 Å². The van der Waals surface area contributed by atoms with E-state index in [-0.39, 0.29) is 19.2 Å². The summed E-state index contributed by atoms with van der Waals surface area (Å²) in [5.41, 5.74) is 6.99. The number of ether oxygens (including phenoxy) is 1.